The van der Waals surface area contributed by atoms with E-state index in [0.29, 0.717) is 27.2 Å². The zero-order valence-corrected chi connectivity index (χ0v) is 15.0. The molecule has 5 nitrogen and oxygen atoms in total. The number of halogens is 2. The van der Waals surface area contributed by atoms with E-state index in [9.17, 15) is 9.59 Å². The second kappa shape index (κ2) is 7.33. The molecule has 1 unspecified atom stereocenters. The van der Waals surface area contributed by atoms with Gasteiger partial charge >= 0.3 is 0 Å². The van der Waals surface area contributed by atoms with Crippen LogP contribution in [0, 0.1) is 5.92 Å². The molecule has 1 saturated heterocycles. The number of nitrogens with zero attached hydrogens (tertiary/aromatic N) is 1. The molecule has 130 valence electrons. The van der Waals surface area contributed by atoms with Crippen molar-refractivity contribution >= 4 is 46.4 Å². The van der Waals surface area contributed by atoms with Crippen molar-refractivity contribution in [3.05, 3.63) is 52.5 Å². The molecule has 25 heavy (non-hydrogen) atoms. The summed E-state index contributed by atoms with van der Waals surface area (Å²) in [7, 11) is 1.52. The van der Waals surface area contributed by atoms with Crippen LogP contribution in [0.1, 0.15) is 6.42 Å². The summed E-state index contributed by atoms with van der Waals surface area (Å²) < 4.78 is 5.08. The lowest BCUT2D eigenvalue weighted by Gasteiger charge is -2.18. The van der Waals surface area contributed by atoms with Gasteiger partial charge in [0.15, 0.2) is 0 Å². The highest BCUT2D eigenvalue weighted by Crippen LogP contribution is 2.32. The van der Waals surface area contributed by atoms with Crippen LogP contribution in [0.4, 0.5) is 11.4 Å². The molecule has 2 amide bonds. The molecule has 0 aromatic heterocycles. The largest absolute Gasteiger partial charge is 0.495 e. The molecular formula is C18H16Cl2N2O3. The molecule has 2 aromatic rings. The minimum Gasteiger partial charge on any atom is -0.495 e. The van der Waals surface area contributed by atoms with Gasteiger partial charge in [-0.25, -0.2) is 0 Å². The minimum absolute atomic E-state index is 0.124. The standard InChI is InChI=1S/C18H16Cl2N2O3/c1-25-16-7-6-12(9-14(16)20)21-18(24)11-8-17(23)22(10-11)15-5-3-2-4-13(15)19/h2-7,9,11H,8,10H2,1H3,(H,21,24). The van der Waals surface area contributed by atoms with Crippen molar-refractivity contribution in [3.63, 3.8) is 0 Å². The zero-order chi connectivity index (χ0) is 18.0. The average molecular weight is 379 g/mol. The zero-order valence-electron chi connectivity index (χ0n) is 13.5. The summed E-state index contributed by atoms with van der Waals surface area (Å²) in [4.78, 5) is 26.3. The van der Waals surface area contributed by atoms with E-state index in [2.05, 4.69) is 5.32 Å². The van der Waals surface area contributed by atoms with E-state index < -0.39 is 5.92 Å². The van der Waals surface area contributed by atoms with Crippen LogP contribution < -0.4 is 15.0 Å². The minimum atomic E-state index is -0.454. The van der Waals surface area contributed by atoms with Crippen LogP contribution in [0.3, 0.4) is 0 Å². The number of rotatable bonds is 4. The van der Waals surface area contributed by atoms with E-state index in [4.69, 9.17) is 27.9 Å². The summed E-state index contributed by atoms with van der Waals surface area (Å²) >= 11 is 12.2. The fourth-order valence-electron chi connectivity index (χ4n) is 2.78. The molecule has 3 rings (SSSR count). The van der Waals surface area contributed by atoms with Gasteiger partial charge in [-0.05, 0) is 30.3 Å². The molecule has 1 aliphatic heterocycles. The van der Waals surface area contributed by atoms with Gasteiger partial charge in [0.25, 0.3) is 0 Å². The lowest BCUT2D eigenvalue weighted by atomic mass is 10.1. The summed E-state index contributed by atoms with van der Waals surface area (Å²) in [6.45, 7) is 0.290. The molecule has 7 heteroatoms. The number of hydrogen-bond donors (Lipinski definition) is 1. The molecule has 1 fully saturated rings. The molecule has 0 spiro atoms. The maximum Gasteiger partial charge on any atom is 0.229 e. The van der Waals surface area contributed by atoms with E-state index in [0.717, 1.165) is 0 Å². The third kappa shape index (κ3) is 3.72. The first-order valence-electron chi connectivity index (χ1n) is 7.69. The van der Waals surface area contributed by atoms with E-state index in [-0.39, 0.29) is 24.8 Å². The Balaban J connectivity index is 1.71. The van der Waals surface area contributed by atoms with Crippen LogP contribution in [0.5, 0.6) is 5.75 Å². The lowest BCUT2D eigenvalue weighted by Crippen LogP contribution is -2.28. The summed E-state index contributed by atoms with van der Waals surface area (Å²) in [5, 5.41) is 3.68. The molecule has 1 atom stereocenters. The van der Waals surface area contributed by atoms with Gasteiger partial charge in [-0.1, -0.05) is 35.3 Å². The highest BCUT2D eigenvalue weighted by Gasteiger charge is 2.35. The van der Waals surface area contributed by atoms with Crippen LogP contribution in [-0.2, 0) is 9.59 Å². The number of hydrogen-bond acceptors (Lipinski definition) is 3. The summed E-state index contributed by atoms with van der Waals surface area (Å²) in [6.07, 6.45) is 0.140. The van der Waals surface area contributed by atoms with E-state index >= 15 is 0 Å². The van der Waals surface area contributed by atoms with E-state index in [1.807, 2.05) is 0 Å². The first-order valence-corrected chi connectivity index (χ1v) is 8.44. The number of benzene rings is 2. The maximum absolute atomic E-state index is 12.5. The number of anilines is 2. The van der Waals surface area contributed by atoms with E-state index in [1.165, 1.54) is 7.11 Å². The van der Waals surface area contributed by atoms with Gasteiger partial charge in [0.2, 0.25) is 11.8 Å². The molecule has 0 aliphatic carbocycles. The van der Waals surface area contributed by atoms with Gasteiger partial charge < -0.3 is 15.0 Å². The second-order valence-electron chi connectivity index (χ2n) is 5.70. The number of methoxy groups -OCH3 is 1. The van der Waals surface area contributed by atoms with Gasteiger partial charge in [0, 0.05) is 18.7 Å². The molecule has 2 aromatic carbocycles. The Bertz CT molecular complexity index is 826. The number of amides is 2. The molecule has 0 saturated carbocycles. The van der Waals surface area contributed by atoms with Crippen molar-refractivity contribution in [2.75, 3.05) is 23.9 Å². The smallest absolute Gasteiger partial charge is 0.229 e. The third-order valence-corrected chi connectivity index (χ3v) is 4.67. The Morgan fingerprint density at radius 1 is 1.20 bits per heavy atom. The van der Waals surface area contributed by atoms with Gasteiger partial charge in [0.1, 0.15) is 5.75 Å². The van der Waals surface area contributed by atoms with Crippen LogP contribution in [0.15, 0.2) is 42.5 Å². The highest BCUT2D eigenvalue weighted by atomic mass is 35.5. The van der Waals surface area contributed by atoms with Crippen LogP contribution in [-0.4, -0.2) is 25.5 Å². The van der Waals surface area contributed by atoms with E-state index in [1.54, 1.807) is 47.4 Å². The maximum atomic E-state index is 12.5. The predicted octanol–water partition coefficient (Wildman–Crippen LogP) is 3.99. The number of nitrogens with one attached hydrogen (secondary N) is 1. The first-order chi connectivity index (χ1) is 12.0. The van der Waals surface area contributed by atoms with Crippen molar-refractivity contribution < 1.29 is 14.3 Å². The van der Waals surface area contributed by atoms with Gasteiger partial charge in [-0.2, -0.15) is 0 Å². The third-order valence-electron chi connectivity index (χ3n) is 4.06. The Labute approximate surface area is 155 Å². The van der Waals surface area contributed by atoms with Crippen molar-refractivity contribution in [1.82, 2.24) is 0 Å². The van der Waals surface area contributed by atoms with Gasteiger partial charge in [0.05, 0.1) is 28.8 Å². The number of carbonyl (C=O) groups excluding carboxylic acids is 2. The van der Waals surface area contributed by atoms with Crippen LogP contribution in [0.2, 0.25) is 10.0 Å². The van der Waals surface area contributed by atoms with Gasteiger partial charge in [-0.3, -0.25) is 9.59 Å². The van der Waals surface area contributed by atoms with Crippen molar-refractivity contribution in [2.45, 2.75) is 6.42 Å². The fourth-order valence-corrected chi connectivity index (χ4v) is 3.27. The number of carbonyl (C=O) groups is 2. The quantitative estimate of drug-likeness (QED) is 0.874. The van der Waals surface area contributed by atoms with Crippen LogP contribution >= 0.6 is 23.2 Å². The fraction of sp³-hybridized carbons (Fsp3) is 0.222. The van der Waals surface area contributed by atoms with Crippen molar-refractivity contribution in [2.24, 2.45) is 5.92 Å². The Morgan fingerprint density at radius 2 is 1.96 bits per heavy atom. The molecule has 1 aliphatic rings. The monoisotopic (exact) mass is 378 g/mol. The van der Waals surface area contributed by atoms with Crippen molar-refractivity contribution in [1.29, 1.82) is 0 Å². The highest BCUT2D eigenvalue weighted by molar-refractivity contribution is 6.34. The van der Waals surface area contributed by atoms with Crippen molar-refractivity contribution in [3.8, 4) is 5.75 Å². The second-order valence-corrected chi connectivity index (χ2v) is 6.51. The summed E-state index contributed by atoms with van der Waals surface area (Å²) in [5.74, 6) is -0.282. The average Bonchev–Trinajstić information content (AvgIpc) is 2.97. The Hall–Kier alpha value is -2.24. The summed E-state index contributed by atoms with van der Waals surface area (Å²) in [6, 6.07) is 12.1. The lowest BCUT2D eigenvalue weighted by molar-refractivity contribution is -0.122. The Morgan fingerprint density at radius 3 is 2.64 bits per heavy atom. The number of para-hydroxylation sites is 1. The normalized spacial score (nSPS) is 16.8. The molecule has 0 bridgehead atoms. The SMILES string of the molecule is COc1ccc(NC(=O)C2CC(=O)N(c3ccccc3Cl)C2)cc1Cl. The summed E-state index contributed by atoms with van der Waals surface area (Å²) in [5.41, 5.74) is 1.18. The molecule has 0 radical (unpaired) electrons. The topological polar surface area (TPSA) is 58.6 Å². The van der Waals surface area contributed by atoms with Crippen LogP contribution in [0.25, 0.3) is 0 Å². The molecule has 1 heterocycles. The molecule has 1 N–H and O–H groups in total. The molecular weight excluding hydrogens is 363 g/mol. The Kier molecular flexibility index (Phi) is 5.16. The first kappa shape index (κ1) is 17.6. The number of ether oxygens (including phenoxy) is 1. The van der Waals surface area contributed by atoms with Gasteiger partial charge in [-0.15, -0.1) is 0 Å². The predicted molar refractivity (Wildman–Crippen MR) is 98.5 cm³/mol.